The summed E-state index contributed by atoms with van der Waals surface area (Å²) in [6.07, 6.45) is 7.37. The fourth-order valence-corrected chi connectivity index (χ4v) is 3.27. The van der Waals surface area contributed by atoms with Gasteiger partial charge in [0.05, 0.1) is 11.6 Å². The Bertz CT molecular complexity index is 282. The molecule has 2 fully saturated rings. The molecule has 0 spiro atoms. The van der Waals surface area contributed by atoms with E-state index in [0.29, 0.717) is 12.3 Å². The molecule has 17 heavy (non-hydrogen) atoms. The van der Waals surface area contributed by atoms with Crippen LogP contribution in [0.3, 0.4) is 0 Å². The lowest BCUT2D eigenvalue weighted by molar-refractivity contribution is -0.137. The molecule has 0 radical (unpaired) electrons. The van der Waals surface area contributed by atoms with Crippen molar-refractivity contribution in [3.63, 3.8) is 0 Å². The smallest absolute Gasteiger partial charge is 0.223 e. The highest BCUT2D eigenvalue weighted by atomic mass is 16.3. The molecule has 0 aromatic heterocycles. The minimum atomic E-state index is -0.369. The average Bonchev–Trinajstić information content (AvgIpc) is 2.55. The van der Waals surface area contributed by atoms with Crippen molar-refractivity contribution in [1.29, 1.82) is 0 Å². The summed E-state index contributed by atoms with van der Waals surface area (Å²) in [6, 6.07) is 0. The molecule has 1 heterocycles. The summed E-state index contributed by atoms with van der Waals surface area (Å²) in [5.41, 5.74) is -0.369. The number of hydrogen-bond donors (Lipinski definition) is 1. The molecule has 1 saturated heterocycles. The number of amides is 1. The molecule has 3 heteroatoms. The van der Waals surface area contributed by atoms with Crippen molar-refractivity contribution in [3.8, 4) is 0 Å². The second-order valence-corrected chi connectivity index (χ2v) is 6.21. The van der Waals surface area contributed by atoms with E-state index in [1.165, 1.54) is 32.1 Å². The van der Waals surface area contributed by atoms with Crippen LogP contribution in [0.25, 0.3) is 0 Å². The Balaban J connectivity index is 1.91. The molecule has 1 unspecified atom stereocenters. The molecular formula is C14H25NO2. The normalized spacial score (nSPS) is 29.6. The molecule has 1 amide bonds. The highest BCUT2D eigenvalue weighted by molar-refractivity contribution is 5.77. The second kappa shape index (κ2) is 4.97. The average molecular weight is 239 g/mol. The first-order valence-electron chi connectivity index (χ1n) is 7.00. The number of carbonyl (C=O) groups is 1. The van der Waals surface area contributed by atoms with Crippen LogP contribution in [-0.2, 0) is 4.79 Å². The molecule has 0 aromatic rings. The Morgan fingerprint density at radius 3 is 2.41 bits per heavy atom. The number of rotatable bonds is 2. The van der Waals surface area contributed by atoms with E-state index in [1.54, 1.807) is 0 Å². The van der Waals surface area contributed by atoms with Gasteiger partial charge in [0.25, 0.3) is 0 Å². The molecule has 1 N–H and O–H groups in total. The van der Waals surface area contributed by atoms with Crippen LogP contribution >= 0.6 is 0 Å². The third-order valence-corrected chi connectivity index (χ3v) is 4.63. The van der Waals surface area contributed by atoms with Gasteiger partial charge >= 0.3 is 0 Å². The van der Waals surface area contributed by atoms with Gasteiger partial charge in [-0.25, -0.2) is 0 Å². The van der Waals surface area contributed by atoms with E-state index >= 15 is 0 Å². The van der Waals surface area contributed by atoms with Gasteiger partial charge in [0.2, 0.25) is 5.91 Å². The number of likely N-dealkylation sites (tertiary alicyclic amines) is 1. The highest BCUT2D eigenvalue weighted by Gasteiger charge is 2.42. The zero-order valence-electron chi connectivity index (χ0n) is 11.1. The second-order valence-electron chi connectivity index (χ2n) is 6.21. The van der Waals surface area contributed by atoms with Gasteiger partial charge in [-0.3, -0.25) is 4.79 Å². The lowest BCUT2D eigenvalue weighted by Crippen LogP contribution is -2.48. The zero-order valence-corrected chi connectivity index (χ0v) is 11.1. The topological polar surface area (TPSA) is 40.5 Å². The first-order valence-corrected chi connectivity index (χ1v) is 7.00. The lowest BCUT2D eigenvalue weighted by Gasteiger charge is -2.35. The SMILES string of the molecule is CC1(C)C(O)CCN1C(=O)CC1CCCCC1. The third kappa shape index (κ3) is 2.65. The fraction of sp³-hybridized carbons (Fsp3) is 0.929. The summed E-state index contributed by atoms with van der Waals surface area (Å²) in [7, 11) is 0. The van der Waals surface area contributed by atoms with E-state index in [9.17, 15) is 9.90 Å². The lowest BCUT2D eigenvalue weighted by atomic mass is 9.86. The summed E-state index contributed by atoms with van der Waals surface area (Å²) in [5.74, 6) is 0.836. The number of nitrogens with zero attached hydrogens (tertiary/aromatic N) is 1. The maximum Gasteiger partial charge on any atom is 0.223 e. The van der Waals surface area contributed by atoms with Crippen LogP contribution in [0.1, 0.15) is 58.8 Å². The quantitative estimate of drug-likeness (QED) is 0.803. The Morgan fingerprint density at radius 2 is 1.88 bits per heavy atom. The van der Waals surface area contributed by atoms with Crippen molar-refractivity contribution in [2.75, 3.05) is 6.54 Å². The Morgan fingerprint density at radius 1 is 1.24 bits per heavy atom. The van der Waals surface area contributed by atoms with Crippen LogP contribution < -0.4 is 0 Å². The maximum atomic E-state index is 12.3. The van der Waals surface area contributed by atoms with Gasteiger partial charge in [0.1, 0.15) is 0 Å². The molecule has 98 valence electrons. The van der Waals surface area contributed by atoms with E-state index in [0.717, 1.165) is 13.0 Å². The van der Waals surface area contributed by atoms with Crippen molar-refractivity contribution in [2.24, 2.45) is 5.92 Å². The summed E-state index contributed by atoms with van der Waals surface area (Å²) < 4.78 is 0. The van der Waals surface area contributed by atoms with Gasteiger partial charge < -0.3 is 10.0 Å². The van der Waals surface area contributed by atoms with Gasteiger partial charge in [-0.1, -0.05) is 19.3 Å². The Labute approximate surface area is 104 Å². The zero-order chi connectivity index (χ0) is 12.5. The molecule has 3 nitrogen and oxygen atoms in total. The van der Waals surface area contributed by atoms with Crippen molar-refractivity contribution < 1.29 is 9.90 Å². The molecular weight excluding hydrogens is 214 g/mol. The predicted molar refractivity (Wildman–Crippen MR) is 67.6 cm³/mol. The summed E-state index contributed by atoms with van der Waals surface area (Å²) >= 11 is 0. The van der Waals surface area contributed by atoms with Crippen LogP contribution in [0.2, 0.25) is 0 Å². The Hall–Kier alpha value is -0.570. The van der Waals surface area contributed by atoms with Crippen LogP contribution in [0.4, 0.5) is 0 Å². The number of aliphatic hydroxyl groups is 1. The summed E-state index contributed by atoms with van der Waals surface area (Å²) in [6.45, 7) is 4.67. The van der Waals surface area contributed by atoms with E-state index in [4.69, 9.17) is 0 Å². The van der Waals surface area contributed by atoms with Crippen molar-refractivity contribution in [3.05, 3.63) is 0 Å². The van der Waals surface area contributed by atoms with Crippen molar-refractivity contribution in [1.82, 2.24) is 4.90 Å². The molecule has 0 bridgehead atoms. The first-order chi connectivity index (χ1) is 8.01. The largest absolute Gasteiger partial charge is 0.391 e. The number of aliphatic hydroxyl groups excluding tert-OH is 1. The van der Waals surface area contributed by atoms with Gasteiger partial charge in [-0.05, 0) is 39.0 Å². The fourth-order valence-electron chi connectivity index (χ4n) is 3.27. The molecule has 0 aromatic carbocycles. The number of hydrogen-bond acceptors (Lipinski definition) is 2. The molecule has 2 aliphatic rings. The van der Waals surface area contributed by atoms with E-state index in [1.807, 2.05) is 18.7 Å². The van der Waals surface area contributed by atoms with Gasteiger partial charge in [-0.2, -0.15) is 0 Å². The van der Waals surface area contributed by atoms with Crippen LogP contribution in [-0.4, -0.2) is 34.1 Å². The van der Waals surface area contributed by atoms with Crippen LogP contribution in [0.15, 0.2) is 0 Å². The Kier molecular flexibility index (Phi) is 3.76. The first kappa shape index (κ1) is 12.9. The standard InChI is InChI=1S/C14H25NO2/c1-14(2)12(16)8-9-15(14)13(17)10-11-6-4-3-5-7-11/h11-12,16H,3-10H2,1-2H3. The van der Waals surface area contributed by atoms with E-state index < -0.39 is 0 Å². The van der Waals surface area contributed by atoms with Crippen LogP contribution in [0.5, 0.6) is 0 Å². The van der Waals surface area contributed by atoms with Crippen LogP contribution in [0, 0.1) is 5.92 Å². The molecule has 1 saturated carbocycles. The third-order valence-electron chi connectivity index (χ3n) is 4.63. The summed E-state index contributed by atoms with van der Waals surface area (Å²) in [4.78, 5) is 14.2. The van der Waals surface area contributed by atoms with Gasteiger partial charge in [0.15, 0.2) is 0 Å². The minimum absolute atomic E-state index is 0.249. The maximum absolute atomic E-state index is 12.3. The number of carbonyl (C=O) groups excluding carboxylic acids is 1. The van der Waals surface area contributed by atoms with Crippen molar-refractivity contribution >= 4 is 5.91 Å². The van der Waals surface area contributed by atoms with Crippen molar-refractivity contribution in [2.45, 2.75) is 70.4 Å². The van der Waals surface area contributed by atoms with Gasteiger partial charge in [0, 0.05) is 13.0 Å². The molecule has 1 aliphatic heterocycles. The monoisotopic (exact) mass is 239 g/mol. The minimum Gasteiger partial charge on any atom is -0.391 e. The highest BCUT2D eigenvalue weighted by Crippen LogP contribution is 2.32. The molecule has 1 atom stereocenters. The van der Waals surface area contributed by atoms with E-state index in [-0.39, 0.29) is 17.6 Å². The predicted octanol–water partition coefficient (Wildman–Crippen LogP) is 2.33. The van der Waals surface area contributed by atoms with Gasteiger partial charge in [-0.15, -0.1) is 0 Å². The molecule has 2 rings (SSSR count). The summed E-state index contributed by atoms with van der Waals surface area (Å²) in [5, 5.41) is 9.89. The van der Waals surface area contributed by atoms with E-state index in [2.05, 4.69) is 0 Å². The molecule has 1 aliphatic carbocycles.